The molecule has 17 heavy (non-hydrogen) atoms. The van der Waals surface area contributed by atoms with E-state index < -0.39 is 0 Å². The Morgan fingerprint density at radius 3 is 2.41 bits per heavy atom. The number of hydrogen-bond donors (Lipinski definition) is 2. The summed E-state index contributed by atoms with van der Waals surface area (Å²) in [6, 6.07) is 0. The molecule has 1 heterocycles. The highest BCUT2D eigenvalue weighted by atomic mass is 16.1. The first-order valence-corrected chi connectivity index (χ1v) is 6.71. The van der Waals surface area contributed by atoms with Gasteiger partial charge < -0.3 is 15.5 Å². The summed E-state index contributed by atoms with van der Waals surface area (Å²) in [6.45, 7) is 10.7. The number of carbonyl (C=O) groups excluding carboxylic acids is 1. The van der Waals surface area contributed by atoms with Crippen LogP contribution in [0.1, 0.15) is 40.0 Å². The maximum Gasteiger partial charge on any atom is 0.234 e. The van der Waals surface area contributed by atoms with Crippen molar-refractivity contribution in [1.82, 2.24) is 15.5 Å². The van der Waals surface area contributed by atoms with Crippen molar-refractivity contribution in [3.05, 3.63) is 0 Å². The summed E-state index contributed by atoms with van der Waals surface area (Å²) in [4.78, 5) is 14.0. The van der Waals surface area contributed by atoms with E-state index in [9.17, 15) is 4.79 Å². The van der Waals surface area contributed by atoms with Crippen molar-refractivity contribution in [2.45, 2.75) is 45.6 Å². The number of piperidine rings is 1. The molecule has 0 saturated carbocycles. The predicted octanol–water partition coefficient (Wildman–Crippen LogP) is 0.977. The van der Waals surface area contributed by atoms with Gasteiger partial charge in [0.15, 0.2) is 0 Å². The Labute approximate surface area is 105 Å². The van der Waals surface area contributed by atoms with E-state index in [1.54, 1.807) is 0 Å². The molecule has 1 saturated heterocycles. The summed E-state index contributed by atoms with van der Waals surface area (Å²) in [7, 11) is 0. The van der Waals surface area contributed by atoms with E-state index >= 15 is 0 Å². The minimum atomic E-state index is 0.00418. The highest BCUT2D eigenvalue weighted by molar-refractivity contribution is 5.78. The molecule has 1 rings (SSSR count). The largest absolute Gasteiger partial charge is 0.354 e. The molecule has 4 nitrogen and oxygen atoms in total. The van der Waals surface area contributed by atoms with Crippen molar-refractivity contribution < 1.29 is 4.79 Å². The molecule has 0 spiro atoms. The predicted molar refractivity (Wildman–Crippen MR) is 71.1 cm³/mol. The summed E-state index contributed by atoms with van der Waals surface area (Å²) in [5.74, 6) is 0.0944. The molecule has 1 aliphatic rings. The van der Waals surface area contributed by atoms with E-state index in [1.807, 2.05) is 0 Å². The van der Waals surface area contributed by atoms with E-state index in [4.69, 9.17) is 0 Å². The van der Waals surface area contributed by atoms with Crippen LogP contribution in [0.2, 0.25) is 0 Å². The Kier molecular flexibility index (Phi) is 5.92. The van der Waals surface area contributed by atoms with Gasteiger partial charge in [0.05, 0.1) is 6.54 Å². The van der Waals surface area contributed by atoms with Gasteiger partial charge in [-0.1, -0.05) is 6.42 Å². The van der Waals surface area contributed by atoms with Crippen molar-refractivity contribution in [2.75, 3.05) is 32.7 Å². The first-order valence-electron chi connectivity index (χ1n) is 6.71. The van der Waals surface area contributed by atoms with Crippen molar-refractivity contribution in [3.63, 3.8) is 0 Å². The lowest BCUT2D eigenvalue weighted by Crippen LogP contribution is -2.45. The molecule has 0 bridgehead atoms. The number of hydrogen-bond acceptors (Lipinski definition) is 3. The van der Waals surface area contributed by atoms with Crippen LogP contribution in [0.25, 0.3) is 0 Å². The molecular formula is C13H27N3O. The topological polar surface area (TPSA) is 44.4 Å². The zero-order chi connectivity index (χ0) is 12.7. The van der Waals surface area contributed by atoms with Gasteiger partial charge in [-0.3, -0.25) is 4.79 Å². The van der Waals surface area contributed by atoms with Crippen LogP contribution >= 0.6 is 0 Å². The highest BCUT2D eigenvalue weighted by Crippen LogP contribution is 2.07. The summed E-state index contributed by atoms with van der Waals surface area (Å²) in [5, 5.41) is 6.14. The molecule has 0 atom stereocenters. The van der Waals surface area contributed by atoms with Gasteiger partial charge >= 0.3 is 0 Å². The average molecular weight is 241 g/mol. The van der Waals surface area contributed by atoms with Crippen LogP contribution in [-0.4, -0.2) is 49.1 Å². The smallest absolute Gasteiger partial charge is 0.234 e. The van der Waals surface area contributed by atoms with Crippen molar-refractivity contribution in [3.8, 4) is 0 Å². The average Bonchev–Trinajstić information content (AvgIpc) is 2.27. The van der Waals surface area contributed by atoms with Gasteiger partial charge in [0.1, 0.15) is 0 Å². The lowest BCUT2D eigenvalue weighted by Gasteiger charge is -2.26. The third-order valence-corrected chi connectivity index (χ3v) is 2.98. The number of carbonyl (C=O) groups is 1. The van der Waals surface area contributed by atoms with Gasteiger partial charge in [0.25, 0.3) is 0 Å². The van der Waals surface area contributed by atoms with E-state index in [2.05, 4.69) is 36.3 Å². The number of nitrogens with one attached hydrogen (secondary N) is 2. The van der Waals surface area contributed by atoms with E-state index in [-0.39, 0.29) is 11.4 Å². The van der Waals surface area contributed by atoms with Gasteiger partial charge in [-0.25, -0.2) is 0 Å². The van der Waals surface area contributed by atoms with Crippen LogP contribution in [0.4, 0.5) is 0 Å². The van der Waals surface area contributed by atoms with E-state index in [0.717, 1.165) is 13.1 Å². The first-order chi connectivity index (χ1) is 7.97. The Bertz CT molecular complexity index is 229. The molecule has 2 N–H and O–H groups in total. The van der Waals surface area contributed by atoms with Gasteiger partial charge in [-0.05, 0) is 46.7 Å². The second-order valence-electron chi connectivity index (χ2n) is 5.86. The second-order valence-corrected chi connectivity index (χ2v) is 5.86. The number of likely N-dealkylation sites (tertiary alicyclic amines) is 1. The quantitative estimate of drug-likeness (QED) is 0.754. The molecule has 0 aliphatic carbocycles. The monoisotopic (exact) mass is 241 g/mol. The Hall–Kier alpha value is -0.610. The Morgan fingerprint density at radius 2 is 1.82 bits per heavy atom. The van der Waals surface area contributed by atoms with Crippen molar-refractivity contribution in [2.24, 2.45) is 0 Å². The SMILES string of the molecule is CC(C)(C)NCC(=O)NCCN1CCCCC1. The lowest BCUT2D eigenvalue weighted by atomic mass is 10.1. The third kappa shape index (κ3) is 7.34. The normalized spacial score (nSPS) is 18.1. The Balaban J connectivity index is 2.03. The number of amides is 1. The zero-order valence-corrected chi connectivity index (χ0v) is 11.5. The standard InChI is InChI=1S/C13H27N3O/c1-13(2,3)15-11-12(17)14-7-10-16-8-5-4-6-9-16/h15H,4-11H2,1-3H3,(H,14,17). The third-order valence-electron chi connectivity index (χ3n) is 2.98. The van der Waals surface area contributed by atoms with Crippen LogP contribution in [0.5, 0.6) is 0 Å². The highest BCUT2D eigenvalue weighted by Gasteiger charge is 2.12. The molecule has 1 fully saturated rings. The Morgan fingerprint density at radius 1 is 1.18 bits per heavy atom. The molecule has 0 radical (unpaired) electrons. The van der Waals surface area contributed by atoms with E-state index in [1.165, 1.54) is 32.4 Å². The summed E-state index contributed by atoms with van der Waals surface area (Å²) >= 11 is 0. The fourth-order valence-electron chi connectivity index (χ4n) is 1.94. The van der Waals surface area contributed by atoms with Crippen molar-refractivity contribution in [1.29, 1.82) is 0 Å². The summed E-state index contributed by atoms with van der Waals surface area (Å²) < 4.78 is 0. The van der Waals surface area contributed by atoms with Gasteiger partial charge in [-0.2, -0.15) is 0 Å². The molecule has 0 unspecified atom stereocenters. The maximum absolute atomic E-state index is 11.5. The van der Waals surface area contributed by atoms with E-state index in [0.29, 0.717) is 6.54 Å². The fraction of sp³-hybridized carbons (Fsp3) is 0.923. The minimum absolute atomic E-state index is 0.00418. The molecule has 0 aromatic heterocycles. The van der Waals surface area contributed by atoms with Crippen LogP contribution in [-0.2, 0) is 4.79 Å². The molecule has 1 aliphatic heterocycles. The van der Waals surface area contributed by atoms with Crippen LogP contribution in [0.15, 0.2) is 0 Å². The summed E-state index contributed by atoms with van der Waals surface area (Å²) in [5.41, 5.74) is 0.00418. The minimum Gasteiger partial charge on any atom is -0.354 e. The van der Waals surface area contributed by atoms with Gasteiger partial charge in [-0.15, -0.1) is 0 Å². The molecule has 4 heteroatoms. The molecule has 100 valence electrons. The second kappa shape index (κ2) is 6.97. The summed E-state index contributed by atoms with van der Waals surface area (Å²) in [6.07, 6.45) is 3.97. The number of rotatable bonds is 5. The first kappa shape index (κ1) is 14.5. The van der Waals surface area contributed by atoms with Crippen LogP contribution in [0.3, 0.4) is 0 Å². The molecule has 0 aromatic carbocycles. The fourth-order valence-corrected chi connectivity index (χ4v) is 1.94. The lowest BCUT2D eigenvalue weighted by molar-refractivity contribution is -0.120. The molecule has 1 amide bonds. The zero-order valence-electron chi connectivity index (χ0n) is 11.5. The molecular weight excluding hydrogens is 214 g/mol. The van der Waals surface area contributed by atoms with Crippen LogP contribution < -0.4 is 10.6 Å². The maximum atomic E-state index is 11.5. The molecule has 0 aromatic rings. The van der Waals surface area contributed by atoms with Gasteiger partial charge in [0.2, 0.25) is 5.91 Å². The van der Waals surface area contributed by atoms with Crippen molar-refractivity contribution >= 4 is 5.91 Å². The van der Waals surface area contributed by atoms with Gasteiger partial charge in [0, 0.05) is 18.6 Å². The number of nitrogens with zero attached hydrogens (tertiary/aromatic N) is 1. The van der Waals surface area contributed by atoms with Crippen LogP contribution in [0, 0.1) is 0 Å².